The lowest BCUT2D eigenvalue weighted by molar-refractivity contribution is -0.0626. The van der Waals surface area contributed by atoms with Crippen LogP contribution >= 0.6 is 0 Å². The van der Waals surface area contributed by atoms with Gasteiger partial charge >= 0.3 is 0 Å². The molecule has 0 atom stereocenters. The number of hydrogen-bond donors (Lipinski definition) is 1. The maximum absolute atomic E-state index is 6.13. The highest BCUT2D eigenvalue weighted by Gasteiger charge is 2.34. The fraction of sp³-hybridized carbons (Fsp3) is 1.00. The maximum atomic E-state index is 6.13. The zero-order valence-corrected chi connectivity index (χ0v) is 12.3. The molecule has 1 aliphatic rings. The Morgan fingerprint density at radius 1 is 1.00 bits per heavy atom. The molecule has 108 valence electrons. The zero-order chi connectivity index (χ0) is 13.1. The Balaban J connectivity index is 2.13. The number of nitrogens with one attached hydrogen (secondary N) is 1. The summed E-state index contributed by atoms with van der Waals surface area (Å²) in [6.07, 6.45) is 8.58. The van der Waals surface area contributed by atoms with Gasteiger partial charge in [0.1, 0.15) is 0 Å². The molecule has 0 spiro atoms. The number of ether oxygens (including phenoxy) is 2. The lowest BCUT2D eigenvalue weighted by Gasteiger charge is -2.30. The van der Waals surface area contributed by atoms with Crippen LogP contribution in [-0.2, 0) is 9.47 Å². The number of rotatable bonds is 11. The Hall–Kier alpha value is -0.120. The summed E-state index contributed by atoms with van der Waals surface area (Å²) in [6, 6.07) is 0. The van der Waals surface area contributed by atoms with E-state index in [1.165, 1.54) is 38.5 Å². The van der Waals surface area contributed by atoms with Crippen LogP contribution < -0.4 is 5.32 Å². The molecule has 0 aromatic rings. The van der Waals surface area contributed by atoms with E-state index in [1.807, 2.05) is 0 Å². The van der Waals surface area contributed by atoms with Crippen molar-refractivity contribution in [2.75, 3.05) is 32.9 Å². The highest BCUT2D eigenvalue weighted by molar-refractivity contribution is 4.88. The molecule has 0 aromatic carbocycles. The summed E-state index contributed by atoms with van der Waals surface area (Å²) >= 11 is 0. The second-order valence-corrected chi connectivity index (χ2v) is 5.38. The van der Waals surface area contributed by atoms with Gasteiger partial charge in [-0.05, 0) is 32.2 Å². The Bertz CT molecular complexity index is 191. The molecule has 0 saturated heterocycles. The Kier molecular flexibility index (Phi) is 8.64. The third kappa shape index (κ3) is 6.17. The molecule has 18 heavy (non-hydrogen) atoms. The van der Waals surface area contributed by atoms with Gasteiger partial charge in [-0.1, -0.05) is 33.1 Å². The van der Waals surface area contributed by atoms with Gasteiger partial charge in [0.15, 0.2) is 0 Å². The van der Waals surface area contributed by atoms with Crippen molar-refractivity contribution in [3.05, 3.63) is 0 Å². The average molecular weight is 257 g/mol. The van der Waals surface area contributed by atoms with Crippen LogP contribution in [-0.4, -0.2) is 38.5 Å². The predicted octanol–water partition coefficient (Wildman–Crippen LogP) is 3.13. The van der Waals surface area contributed by atoms with Crippen molar-refractivity contribution in [2.45, 2.75) is 64.4 Å². The van der Waals surface area contributed by atoms with E-state index in [0.29, 0.717) is 0 Å². The molecule has 0 amide bonds. The summed E-state index contributed by atoms with van der Waals surface area (Å²) in [5.74, 6) is 0. The first-order chi connectivity index (χ1) is 8.83. The molecule has 1 fully saturated rings. The third-order valence-electron chi connectivity index (χ3n) is 3.67. The molecule has 0 unspecified atom stereocenters. The molecule has 3 nitrogen and oxygen atoms in total. The highest BCUT2D eigenvalue weighted by atomic mass is 16.5. The molecule has 0 aromatic heterocycles. The quantitative estimate of drug-likeness (QED) is 0.577. The van der Waals surface area contributed by atoms with Gasteiger partial charge in [-0.3, -0.25) is 0 Å². The molecule has 1 aliphatic carbocycles. The van der Waals surface area contributed by atoms with Crippen LogP contribution in [0.1, 0.15) is 58.8 Å². The van der Waals surface area contributed by atoms with E-state index in [0.717, 1.165) is 39.3 Å². The summed E-state index contributed by atoms with van der Waals surface area (Å²) in [4.78, 5) is 0. The van der Waals surface area contributed by atoms with Crippen LogP contribution in [0.25, 0.3) is 0 Å². The van der Waals surface area contributed by atoms with Crippen LogP contribution in [0.15, 0.2) is 0 Å². The number of hydrogen-bond acceptors (Lipinski definition) is 3. The summed E-state index contributed by atoms with van der Waals surface area (Å²) in [6.45, 7) is 8.87. The van der Waals surface area contributed by atoms with Crippen molar-refractivity contribution in [3.63, 3.8) is 0 Å². The zero-order valence-electron chi connectivity index (χ0n) is 12.3. The standard InChI is InChI=1S/C15H31NO2/c1-3-5-11-17-12-13-18-15(8-6-7-9-15)14-16-10-4-2/h16H,3-14H2,1-2H3. The van der Waals surface area contributed by atoms with Gasteiger partial charge < -0.3 is 14.8 Å². The van der Waals surface area contributed by atoms with E-state index in [4.69, 9.17) is 9.47 Å². The van der Waals surface area contributed by atoms with Crippen LogP contribution in [0.5, 0.6) is 0 Å². The van der Waals surface area contributed by atoms with E-state index in [-0.39, 0.29) is 5.60 Å². The molecular formula is C15H31NO2. The molecule has 0 bridgehead atoms. The SMILES string of the molecule is CCCCOCCOC1(CNCCC)CCCC1. The second kappa shape index (κ2) is 9.76. The van der Waals surface area contributed by atoms with E-state index < -0.39 is 0 Å². The monoisotopic (exact) mass is 257 g/mol. The predicted molar refractivity (Wildman–Crippen MR) is 76.0 cm³/mol. The molecular weight excluding hydrogens is 226 g/mol. The largest absolute Gasteiger partial charge is 0.379 e. The van der Waals surface area contributed by atoms with Crippen LogP contribution in [0, 0.1) is 0 Å². The Morgan fingerprint density at radius 2 is 1.78 bits per heavy atom. The molecule has 1 N–H and O–H groups in total. The minimum absolute atomic E-state index is 0.100. The van der Waals surface area contributed by atoms with E-state index in [1.54, 1.807) is 0 Å². The van der Waals surface area contributed by atoms with Gasteiger partial charge in [0.2, 0.25) is 0 Å². The lowest BCUT2D eigenvalue weighted by atomic mass is 10.0. The lowest BCUT2D eigenvalue weighted by Crippen LogP contribution is -2.41. The minimum atomic E-state index is 0.100. The smallest absolute Gasteiger partial charge is 0.0807 e. The third-order valence-corrected chi connectivity index (χ3v) is 3.67. The van der Waals surface area contributed by atoms with Crippen LogP contribution in [0.3, 0.4) is 0 Å². The summed E-state index contributed by atoms with van der Waals surface area (Å²) in [5.41, 5.74) is 0.100. The fourth-order valence-electron chi connectivity index (χ4n) is 2.55. The van der Waals surface area contributed by atoms with Crippen molar-refractivity contribution in [2.24, 2.45) is 0 Å². The molecule has 0 radical (unpaired) electrons. The first-order valence-electron chi connectivity index (χ1n) is 7.75. The fourth-order valence-corrected chi connectivity index (χ4v) is 2.55. The van der Waals surface area contributed by atoms with Crippen molar-refractivity contribution in [1.29, 1.82) is 0 Å². The van der Waals surface area contributed by atoms with Gasteiger partial charge in [0, 0.05) is 13.2 Å². The van der Waals surface area contributed by atoms with Crippen LogP contribution in [0.2, 0.25) is 0 Å². The van der Waals surface area contributed by atoms with Crippen molar-refractivity contribution < 1.29 is 9.47 Å². The van der Waals surface area contributed by atoms with Crippen LogP contribution in [0.4, 0.5) is 0 Å². The summed E-state index contributed by atoms with van der Waals surface area (Å²) in [5, 5.41) is 3.51. The second-order valence-electron chi connectivity index (χ2n) is 5.38. The Morgan fingerprint density at radius 3 is 2.44 bits per heavy atom. The van der Waals surface area contributed by atoms with Crippen molar-refractivity contribution >= 4 is 0 Å². The van der Waals surface area contributed by atoms with Gasteiger partial charge in [0.25, 0.3) is 0 Å². The normalized spacial score (nSPS) is 18.3. The molecule has 3 heteroatoms. The topological polar surface area (TPSA) is 30.5 Å². The maximum Gasteiger partial charge on any atom is 0.0807 e. The van der Waals surface area contributed by atoms with Crippen molar-refractivity contribution in [3.8, 4) is 0 Å². The first kappa shape index (κ1) is 15.9. The highest BCUT2D eigenvalue weighted by Crippen LogP contribution is 2.32. The Labute approximate surface area is 113 Å². The van der Waals surface area contributed by atoms with Gasteiger partial charge in [-0.2, -0.15) is 0 Å². The average Bonchev–Trinajstić information content (AvgIpc) is 2.83. The van der Waals surface area contributed by atoms with Gasteiger partial charge in [-0.15, -0.1) is 0 Å². The van der Waals surface area contributed by atoms with E-state index in [2.05, 4.69) is 19.2 Å². The molecule has 0 aliphatic heterocycles. The molecule has 1 saturated carbocycles. The number of unbranched alkanes of at least 4 members (excludes halogenated alkanes) is 1. The van der Waals surface area contributed by atoms with E-state index >= 15 is 0 Å². The van der Waals surface area contributed by atoms with E-state index in [9.17, 15) is 0 Å². The van der Waals surface area contributed by atoms with Gasteiger partial charge in [0.05, 0.1) is 18.8 Å². The van der Waals surface area contributed by atoms with Gasteiger partial charge in [-0.25, -0.2) is 0 Å². The molecule has 1 rings (SSSR count). The minimum Gasteiger partial charge on any atom is -0.379 e. The first-order valence-corrected chi connectivity index (χ1v) is 7.75. The summed E-state index contributed by atoms with van der Waals surface area (Å²) in [7, 11) is 0. The van der Waals surface area contributed by atoms with Crippen molar-refractivity contribution in [1.82, 2.24) is 5.32 Å². The summed E-state index contributed by atoms with van der Waals surface area (Å²) < 4.78 is 11.7. The molecule has 0 heterocycles.